The van der Waals surface area contributed by atoms with Crippen LogP contribution in [0, 0.1) is 11.6 Å². The molecule has 1 fully saturated rings. The van der Waals surface area contributed by atoms with Gasteiger partial charge in [0.05, 0.1) is 24.2 Å². The van der Waals surface area contributed by atoms with E-state index in [0.29, 0.717) is 18.9 Å². The second-order valence-electron chi connectivity index (χ2n) is 7.37. The van der Waals surface area contributed by atoms with Crippen molar-refractivity contribution < 1.29 is 23.4 Å². The van der Waals surface area contributed by atoms with Crippen LogP contribution >= 0.6 is 11.6 Å². The van der Waals surface area contributed by atoms with Crippen molar-refractivity contribution >= 4 is 34.4 Å². The van der Waals surface area contributed by atoms with E-state index < -0.39 is 17.7 Å². The summed E-state index contributed by atoms with van der Waals surface area (Å²) in [6.07, 6.45) is -1.03. The number of nitrogens with zero attached hydrogens (tertiary/aromatic N) is 7. The summed E-state index contributed by atoms with van der Waals surface area (Å²) in [6, 6.07) is 5.52. The van der Waals surface area contributed by atoms with Gasteiger partial charge in [0.25, 0.3) is 0 Å². The Balaban J connectivity index is 1.93. The smallest absolute Gasteiger partial charge is 0.407 e. The molecule has 2 heterocycles. The van der Waals surface area contributed by atoms with Gasteiger partial charge in [-0.2, -0.15) is 0 Å². The summed E-state index contributed by atoms with van der Waals surface area (Å²) in [5.74, 6) is -1.16. The Morgan fingerprint density at radius 3 is 2.65 bits per heavy atom. The molecule has 0 aliphatic carbocycles. The zero-order valence-electron chi connectivity index (χ0n) is 17.9. The van der Waals surface area contributed by atoms with E-state index in [1.165, 1.54) is 30.2 Å². The van der Waals surface area contributed by atoms with Gasteiger partial charge in [-0.05, 0) is 23.7 Å². The third-order valence-electron chi connectivity index (χ3n) is 5.48. The molecule has 1 amide bonds. The molecular formula is C21H18ClF2N7O3. The predicted molar refractivity (Wildman–Crippen MR) is 121 cm³/mol. The third kappa shape index (κ3) is 4.20. The maximum atomic E-state index is 15.9. The Hall–Kier alpha value is -3.89. The number of hydrogen-bond acceptors (Lipinski definition) is 6. The summed E-state index contributed by atoms with van der Waals surface area (Å²) < 4.78 is 35.9. The second-order valence-corrected chi connectivity index (χ2v) is 7.78. The molecule has 0 spiro atoms. The molecule has 0 radical (unpaired) electrons. The SMILES string of the molecule is COc1cccc(F)c1-c1c(Cl)cc2c(N3CCN(C(=O)O)CC3)nc(CN=[N+]=[N-])nc2c1F. The number of carboxylic acid groups (broad SMARTS) is 1. The minimum absolute atomic E-state index is 0.0497. The lowest BCUT2D eigenvalue weighted by Crippen LogP contribution is -2.48. The number of hydrogen-bond donors (Lipinski definition) is 1. The van der Waals surface area contributed by atoms with Gasteiger partial charge in [-0.15, -0.1) is 0 Å². The van der Waals surface area contributed by atoms with Gasteiger partial charge < -0.3 is 19.6 Å². The molecule has 0 atom stereocenters. The molecule has 1 N–H and O–H groups in total. The van der Waals surface area contributed by atoms with E-state index in [1.54, 1.807) is 4.90 Å². The topological polar surface area (TPSA) is 128 Å². The van der Waals surface area contributed by atoms with Crippen molar-refractivity contribution in [2.45, 2.75) is 6.54 Å². The number of benzene rings is 2. The standard InChI is InChI=1S/C21H18ClF2N7O3/c1-34-14-4-2-3-13(23)17(14)16-12(22)9-11-19(18(16)24)27-15(10-26-29-25)28-20(11)30-5-7-31(8-6-30)21(32)33/h2-4,9H,5-8,10H2,1H3,(H,32,33). The highest BCUT2D eigenvalue weighted by Crippen LogP contribution is 2.42. The third-order valence-corrected chi connectivity index (χ3v) is 5.78. The van der Waals surface area contributed by atoms with E-state index in [-0.39, 0.29) is 58.3 Å². The number of rotatable bonds is 5. The van der Waals surface area contributed by atoms with Gasteiger partial charge in [-0.25, -0.2) is 23.5 Å². The Labute approximate surface area is 197 Å². The number of azide groups is 1. The lowest BCUT2D eigenvalue weighted by molar-refractivity contribution is 0.142. The summed E-state index contributed by atoms with van der Waals surface area (Å²) in [5.41, 5.74) is 8.18. The van der Waals surface area contributed by atoms with Gasteiger partial charge in [-0.3, -0.25) is 0 Å². The average Bonchev–Trinajstić information content (AvgIpc) is 2.83. The van der Waals surface area contributed by atoms with Crippen LogP contribution in [-0.4, -0.2) is 59.4 Å². The lowest BCUT2D eigenvalue weighted by Gasteiger charge is -2.34. The highest BCUT2D eigenvalue weighted by molar-refractivity contribution is 6.34. The molecule has 3 aromatic rings. The van der Waals surface area contributed by atoms with Crippen molar-refractivity contribution in [1.82, 2.24) is 14.9 Å². The molecule has 0 saturated carbocycles. The van der Waals surface area contributed by atoms with Crippen molar-refractivity contribution in [2.75, 3.05) is 38.2 Å². The zero-order chi connectivity index (χ0) is 24.4. The highest BCUT2D eigenvalue weighted by atomic mass is 35.5. The summed E-state index contributed by atoms with van der Waals surface area (Å²) in [6.45, 7) is 0.776. The summed E-state index contributed by atoms with van der Waals surface area (Å²) in [4.78, 5) is 25.6. The fraction of sp³-hybridized carbons (Fsp3) is 0.286. The Bertz CT molecular complexity index is 1330. The van der Waals surface area contributed by atoms with Gasteiger partial charge in [-0.1, -0.05) is 22.8 Å². The van der Waals surface area contributed by atoms with Crippen molar-refractivity contribution in [2.24, 2.45) is 5.11 Å². The van der Waals surface area contributed by atoms with Crippen molar-refractivity contribution in [3.05, 3.63) is 57.2 Å². The zero-order valence-corrected chi connectivity index (χ0v) is 18.6. The predicted octanol–water partition coefficient (Wildman–Crippen LogP) is 4.85. The van der Waals surface area contributed by atoms with Crippen LogP contribution in [-0.2, 0) is 6.54 Å². The Morgan fingerprint density at radius 1 is 1.26 bits per heavy atom. The number of fused-ring (bicyclic) bond motifs is 1. The molecule has 1 aliphatic rings. The number of piperazine rings is 1. The number of methoxy groups -OCH3 is 1. The minimum atomic E-state index is -1.03. The normalized spacial score (nSPS) is 13.6. The van der Waals surface area contributed by atoms with Gasteiger partial charge in [0, 0.05) is 42.0 Å². The van der Waals surface area contributed by atoms with E-state index in [2.05, 4.69) is 20.0 Å². The monoisotopic (exact) mass is 489 g/mol. The van der Waals surface area contributed by atoms with Crippen LogP contribution in [0.25, 0.3) is 32.5 Å². The molecule has 13 heteroatoms. The van der Waals surface area contributed by atoms with Crippen LogP contribution in [0.2, 0.25) is 5.02 Å². The van der Waals surface area contributed by atoms with Crippen LogP contribution in [0.1, 0.15) is 5.82 Å². The fourth-order valence-electron chi connectivity index (χ4n) is 3.89. The van der Waals surface area contributed by atoms with Crippen LogP contribution in [0.3, 0.4) is 0 Å². The molecule has 34 heavy (non-hydrogen) atoms. The summed E-state index contributed by atoms with van der Waals surface area (Å²) in [5, 5.41) is 12.9. The maximum absolute atomic E-state index is 15.9. The molecule has 4 rings (SSSR count). The van der Waals surface area contributed by atoms with E-state index in [0.717, 1.165) is 6.07 Å². The number of amides is 1. The molecule has 0 unspecified atom stereocenters. The van der Waals surface area contributed by atoms with Crippen LogP contribution in [0.4, 0.5) is 19.4 Å². The van der Waals surface area contributed by atoms with Crippen LogP contribution in [0.5, 0.6) is 5.75 Å². The molecule has 1 aliphatic heterocycles. The Kier molecular flexibility index (Phi) is 6.53. The summed E-state index contributed by atoms with van der Waals surface area (Å²) in [7, 11) is 1.33. The molecule has 176 valence electrons. The van der Waals surface area contributed by atoms with E-state index in [9.17, 15) is 14.3 Å². The first-order valence-electron chi connectivity index (χ1n) is 10.1. The number of halogens is 3. The van der Waals surface area contributed by atoms with Crippen molar-refractivity contribution in [1.29, 1.82) is 0 Å². The molecule has 1 aromatic heterocycles. The molecule has 2 aromatic carbocycles. The van der Waals surface area contributed by atoms with E-state index >= 15 is 4.39 Å². The largest absolute Gasteiger partial charge is 0.496 e. The first kappa shape index (κ1) is 23.3. The highest BCUT2D eigenvalue weighted by Gasteiger charge is 2.27. The average molecular weight is 490 g/mol. The van der Waals surface area contributed by atoms with Crippen molar-refractivity contribution in [3.63, 3.8) is 0 Å². The molecule has 10 nitrogen and oxygen atoms in total. The van der Waals surface area contributed by atoms with E-state index in [1.807, 2.05) is 0 Å². The first-order valence-corrected chi connectivity index (χ1v) is 10.5. The molecule has 1 saturated heterocycles. The quantitative estimate of drug-likeness (QED) is 0.310. The molecule has 0 bridgehead atoms. The van der Waals surface area contributed by atoms with Gasteiger partial charge >= 0.3 is 6.09 Å². The number of anilines is 1. The Morgan fingerprint density at radius 2 is 2.00 bits per heavy atom. The van der Waals surface area contributed by atoms with Gasteiger partial charge in [0.2, 0.25) is 0 Å². The lowest BCUT2D eigenvalue weighted by atomic mass is 10.0. The second kappa shape index (κ2) is 9.54. The molecular weight excluding hydrogens is 472 g/mol. The van der Waals surface area contributed by atoms with E-state index in [4.69, 9.17) is 21.9 Å². The van der Waals surface area contributed by atoms with Crippen LogP contribution < -0.4 is 9.64 Å². The minimum Gasteiger partial charge on any atom is -0.496 e. The maximum Gasteiger partial charge on any atom is 0.407 e. The number of aromatic nitrogens is 2. The van der Waals surface area contributed by atoms with Gasteiger partial charge in [0.1, 0.15) is 28.7 Å². The first-order chi connectivity index (χ1) is 16.3. The fourth-order valence-corrected chi connectivity index (χ4v) is 4.17. The van der Waals surface area contributed by atoms with Crippen molar-refractivity contribution in [3.8, 4) is 16.9 Å². The van der Waals surface area contributed by atoms with Crippen LogP contribution in [0.15, 0.2) is 29.4 Å². The summed E-state index contributed by atoms with van der Waals surface area (Å²) >= 11 is 6.45. The van der Waals surface area contributed by atoms with Gasteiger partial charge in [0.15, 0.2) is 5.82 Å². The number of ether oxygens (including phenoxy) is 1. The number of carbonyl (C=O) groups is 1.